The molecule has 1 fully saturated rings. The van der Waals surface area contributed by atoms with E-state index in [0.29, 0.717) is 26.1 Å². The molecule has 0 unspecified atom stereocenters. The van der Waals surface area contributed by atoms with Crippen molar-refractivity contribution in [2.75, 3.05) is 46.5 Å². The molecule has 0 saturated carbocycles. The molecule has 3 aromatic rings. The highest BCUT2D eigenvalue weighted by molar-refractivity contribution is 6.01. The van der Waals surface area contributed by atoms with Gasteiger partial charge in [-0.15, -0.1) is 0 Å². The van der Waals surface area contributed by atoms with E-state index in [1.54, 1.807) is 24.3 Å². The van der Waals surface area contributed by atoms with Gasteiger partial charge in [-0.3, -0.25) is 28.9 Å². The molecule has 2 aliphatic rings. The maximum atomic E-state index is 13.9. The van der Waals surface area contributed by atoms with Crippen LogP contribution in [0.5, 0.6) is 5.75 Å². The summed E-state index contributed by atoms with van der Waals surface area (Å²) in [5, 5.41) is 11.4. The zero-order valence-electron chi connectivity index (χ0n) is 31.3. The first-order chi connectivity index (χ1) is 26.0. The maximum Gasteiger partial charge on any atom is 0.255 e. The number of morpholine rings is 1. The summed E-state index contributed by atoms with van der Waals surface area (Å²) in [6, 6.07) is 21.4. The Labute approximate surface area is 317 Å². The van der Waals surface area contributed by atoms with Crippen molar-refractivity contribution in [3.05, 3.63) is 101 Å². The minimum Gasteiger partial charge on any atom is -0.491 e. The lowest BCUT2D eigenvalue weighted by Gasteiger charge is -2.27. The molecule has 0 aromatic heterocycles. The minimum absolute atomic E-state index is 0.0210. The zero-order chi connectivity index (χ0) is 38.5. The van der Waals surface area contributed by atoms with E-state index in [9.17, 15) is 24.0 Å². The van der Waals surface area contributed by atoms with Crippen molar-refractivity contribution < 1.29 is 33.4 Å². The molecule has 3 atom stereocenters. The zero-order valence-corrected chi connectivity index (χ0v) is 31.3. The van der Waals surface area contributed by atoms with Crippen LogP contribution in [0.25, 0.3) is 0 Å². The lowest BCUT2D eigenvalue weighted by Crippen LogP contribution is -2.53. The van der Waals surface area contributed by atoms with E-state index in [0.717, 1.165) is 36.3 Å². The Hall–Kier alpha value is -5.27. The number of carbonyl (C=O) groups is 5. The van der Waals surface area contributed by atoms with Gasteiger partial charge in [0.15, 0.2) is 0 Å². The van der Waals surface area contributed by atoms with Gasteiger partial charge in [0.05, 0.1) is 37.8 Å². The fourth-order valence-electron chi connectivity index (χ4n) is 6.60. The summed E-state index contributed by atoms with van der Waals surface area (Å²) in [6.45, 7) is 7.64. The molecule has 2 aliphatic heterocycles. The van der Waals surface area contributed by atoms with E-state index in [2.05, 4.69) is 26.2 Å². The van der Waals surface area contributed by atoms with Gasteiger partial charge in [0.25, 0.3) is 5.91 Å². The van der Waals surface area contributed by atoms with Crippen molar-refractivity contribution in [3.8, 4) is 5.75 Å². The fourth-order valence-corrected chi connectivity index (χ4v) is 6.60. The number of carbonyl (C=O) groups excluding carboxylic acids is 5. The predicted octanol–water partition coefficient (Wildman–Crippen LogP) is 2.43. The van der Waals surface area contributed by atoms with E-state index in [-0.39, 0.29) is 36.9 Å². The number of amides is 5. The van der Waals surface area contributed by atoms with Gasteiger partial charge in [-0.2, -0.15) is 0 Å². The number of rotatable bonds is 9. The number of fused-ring (bicyclic) bond motifs is 1. The van der Waals surface area contributed by atoms with Gasteiger partial charge in [0.1, 0.15) is 24.4 Å². The van der Waals surface area contributed by atoms with Crippen LogP contribution in [0.15, 0.2) is 78.9 Å². The van der Waals surface area contributed by atoms with Crippen LogP contribution >= 0.6 is 0 Å². The highest BCUT2D eigenvalue weighted by Gasteiger charge is 2.31. The second-order valence-electron chi connectivity index (χ2n) is 14.4. The van der Waals surface area contributed by atoms with E-state index < -0.39 is 54.1 Å². The third kappa shape index (κ3) is 12.1. The standard InChI is InChI=1S/C41H52N6O7/c1-28(2)20-35-41(52)46(3)26-38(49)43-32(22-29-10-5-4-6-11-29)27-54-36-15-8-7-14-33(36)39(50)45-34(23-37(48)44-35)40(51)42-24-30-12-9-13-31(21-30)25-47-16-18-53-19-17-47/h4-15,21,28,32,34-35H,16-20,22-27H2,1-3H3,(H,42,51)(H,43,49)(H,44,48)(H,45,50)/t32-,34+,35-/m1/s1. The average Bonchev–Trinajstić information content (AvgIpc) is 3.15. The van der Waals surface area contributed by atoms with Gasteiger partial charge in [-0.05, 0) is 47.6 Å². The van der Waals surface area contributed by atoms with Gasteiger partial charge in [0, 0.05) is 33.2 Å². The number of likely N-dealkylation sites (N-methyl/N-ethyl adjacent to an activating group) is 1. The highest BCUT2D eigenvalue weighted by Crippen LogP contribution is 2.20. The van der Waals surface area contributed by atoms with Crippen molar-refractivity contribution in [2.24, 2.45) is 5.92 Å². The first-order valence-electron chi connectivity index (χ1n) is 18.6. The molecule has 5 amide bonds. The van der Waals surface area contributed by atoms with Crippen molar-refractivity contribution in [3.63, 3.8) is 0 Å². The third-order valence-electron chi connectivity index (χ3n) is 9.34. The molecule has 3 aromatic carbocycles. The normalized spacial score (nSPS) is 20.9. The second-order valence-corrected chi connectivity index (χ2v) is 14.4. The first kappa shape index (κ1) is 39.9. The summed E-state index contributed by atoms with van der Waals surface area (Å²) >= 11 is 0. The molecule has 13 heteroatoms. The van der Waals surface area contributed by atoms with Crippen molar-refractivity contribution in [1.29, 1.82) is 0 Å². The van der Waals surface area contributed by atoms with E-state index in [1.165, 1.54) is 11.9 Å². The Morgan fingerprint density at radius 2 is 1.56 bits per heavy atom. The molecule has 288 valence electrons. The lowest BCUT2D eigenvalue weighted by molar-refractivity contribution is -0.139. The number of hydrogen-bond acceptors (Lipinski definition) is 8. The first-order valence-corrected chi connectivity index (χ1v) is 18.6. The Bertz CT molecular complexity index is 1750. The molecule has 0 radical (unpaired) electrons. The van der Waals surface area contributed by atoms with Gasteiger partial charge in [0.2, 0.25) is 23.6 Å². The predicted molar refractivity (Wildman–Crippen MR) is 203 cm³/mol. The number of para-hydroxylation sites is 1. The molecule has 13 nitrogen and oxygen atoms in total. The van der Waals surface area contributed by atoms with E-state index in [1.807, 2.05) is 68.4 Å². The van der Waals surface area contributed by atoms with Crippen molar-refractivity contribution in [2.45, 2.75) is 64.3 Å². The minimum atomic E-state index is -1.28. The molecule has 0 aliphatic carbocycles. The highest BCUT2D eigenvalue weighted by atomic mass is 16.5. The van der Waals surface area contributed by atoms with Crippen LogP contribution in [-0.2, 0) is 43.4 Å². The number of nitrogens with one attached hydrogen (secondary N) is 4. The quantitative estimate of drug-likeness (QED) is 0.261. The Kier molecular flexibility index (Phi) is 14.6. The molecular formula is C41H52N6O7. The average molecular weight is 741 g/mol. The number of nitrogens with zero attached hydrogens (tertiary/aromatic N) is 2. The van der Waals surface area contributed by atoms with E-state index in [4.69, 9.17) is 9.47 Å². The largest absolute Gasteiger partial charge is 0.491 e. The molecule has 0 spiro atoms. The van der Waals surface area contributed by atoms with Gasteiger partial charge >= 0.3 is 0 Å². The van der Waals surface area contributed by atoms with Crippen LogP contribution in [0.3, 0.4) is 0 Å². The van der Waals surface area contributed by atoms with E-state index >= 15 is 0 Å². The molecule has 0 bridgehead atoms. The second kappa shape index (κ2) is 19.7. The van der Waals surface area contributed by atoms with Crippen LogP contribution in [0, 0.1) is 5.92 Å². The van der Waals surface area contributed by atoms with Gasteiger partial charge in [-0.1, -0.05) is 80.6 Å². The number of ether oxygens (including phenoxy) is 2. The summed E-state index contributed by atoms with van der Waals surface area (Å²) in [6.07, 6.45) is 0.310. The summed E-state index contributed by atoms with van der Waals surface area (Å²) in [7, 11) is 1.51. The third-order valence-corrected chi connectivity index (χ3v) is 9.34. The molecule has 4 N–H and O–H groups in total. The SMILES string of the molecule is CC(C)C[C@H]1NC(=O)C[C@@H](C(=O)NCc2cccc(CN3CCOCC3)c2)NC(=O)c2ccccc2OC[C@@H](Cc2ccccc2)NC(=O)CN(C)C1=O. The van der Waals surface area contributed by atoms with Gasteiger partial charge in [-0.25, -0.2) is 0 Å². The van der Waals surface area contributed by atoms with Crippen molar-refractivity contribution in [1.82, 2.24) is 31.1 Å². The van der Waals surface area contributed by atoms with Crippen LogP contribution in [0.2, 0.25) is 0 Å². The topological polar surface area (TPSA) is 158 Å². The fraction of sp³-hybridized carbons (Fsp3) is 0.439. The molecule has 54 heavy (non-hydrogen) atoms. The number of hydrogen-bond donors (Lipinski definition) is 4. The summed E-state index contributed by atoms with van der Waals surface area (Å²) in [5.41, 5.74) is 3.09. The Morgan fingerprint density at radius 1 is 0.852 bits per heavy atom. The monoisotopic (exact) mass is 740 g/mol. The Morgan fingerprint density at radius 3 is 2.31 bits per heavy atom. The lowest BCUT2D eigenvalue weighted by atomic mass is 10.0. The van der Waals surface area contributed by atoms with Crippen LogP contribution in [-0.4, -0.2) is 104 Å². The summed E-state index contributed by atoms with van der Waals surface area (Å²) < 4.78 is 11.6. The molecule has 2 heterocycles. The number of benzene rings is 3. The smallest absolute Gasteiger partial charge is 0.255 e. The van der Waals surface area contributed by atoms with Crippen LogP contribution in [0.4, 0.5) is 0 Å². The van der Waals surface area contributed by atoms with Crippen molar-refractivity contribution >= 4 is 29.5 Å². The Balaban J connectivity index is 1.38. The maximum absolute atomic E-state index is 13.9. The molecular weight excluding hydrogens is 688 g/mol. The summed E-state index contributed by atoms with van der Waals surface area (Å²) in [5.74, 6) is -2.35. The molecule has 5 rings (SSSR count). The molecule has 1 saturated heterocycles. The van der Waals surface area contributed by atoms with Gasteiger partial charge < -0.3 is 35.6 Å². The summed E-state index contributed by atoms with van der Waals surface area (Å²) in [4.78, 5) is 71.8. The van der Waals surface area contributed by atoms with Crippen LogP contribution in [0.1, 0.15) is 53.7 Å². The van der Waals surface area contributed by atoms with Crippen LogP contribution < -0.4 is 26.0 Å².